The Hall–Kier alpha value is -2.62. The van der Waals surface area contributed by atoms with E-state index in [-0.39, 0.29) is 46.9 Å². The third-order valence-electron chi connectivity index (χ3n) is 6.96. The van der Waals surface area contributed by atoms with Gasteiger partial charge in [-0.2, -0.15) is 0 Å². The summed E-state index contributed by atoms with van der Waals surface area (Å²) in [6.45, 7) is 21.9. The lowest BCUT2D eigenvalue weighted by atomic mass is 9.47. The third-order valence-corrected chi connectivity index (χ3v) is 6.96. The second kappa shape index (κ2) is 10.3. The highest BCUT2D eigenvalue weighted by atomic mass is 16.5. The summed E-state index contributed by atoms with van der Waals surface area (Å²) in [5.41, 5.74) is 0.691. The molecule has 2 aromatic rings. The molecule has 2 aromatic carbocycles. The lowest BCUT2D eigenvalue weighted by Gasteiger charge is -2.54. The SMILES string of the molecule is CC(C)Oc1ccc(C2C(C(=O)C(C)(C)C)C(c3ccc(OC(C)(C)C)cc3)C2C(=O)C(C)(C)C)cc1. The summed E-state index contributed by atoms with van der Waals surface area (Å²) >= 11 is 0. The molecule has 1 saturated carbocycles. The van der Waals surface area contributed by atoms with Crippen LogP contribution in [0.4, 0.5) is 0 Å². The molecule has 37 heavy (non-hydrogen) atoms. The standard InChI is InChI=1S/C33H46O4/c1-20(2)36-23-16-12-21(13-17-23)25-27(29(34)31(3,4)5)26(28(25)30(35)32(6,7)8)22-14-18-24(19-15-22)37-33(9,10)11/h12-20,25-28H,1-11H3. The van der Waals surface area contributed by atoms with Crippen LogP contribution >= 0.6 is 0 Å². The Balaban J connectivity index is 2.10. The maximum atomic E-state index is 13.9. The molecule has 0 aliphatic heterocycles. The Morgan fingerprint density at radius 3 is 1.27 bits per heavy atom. The molecule has 0 heterocycles. The van der Waals surface area contributed by atoms with Crippen LogP contribution in [0.25, 0.3) is 0 Å². The first kappa shape index (κ1) is 28.9. The van der Waals surface area contributed by atoms with E-state index in [1.54, 1.807) is 0 Å². The Kier molecular flexibility index (Phi) is 8.03. The third kappa shape index (κ3) is 6.64. The van der Waals surface area contributed by atoms with E-state index in [0.717, 1.165) is 22.6 Å². The van der Waals surface area contributed by atoms with Crippen molar-refractivity contribution in [1.82, 2.24) is 0 Å². The van der Waals surface area contributed by atoms with Gasteiger partial charge in [-0.3, -0.25) is 9.59 Å². The van der Waals surface area contributed by atoms with Crippen molar-refractivity contribution >= 4 is 11.6 Å². The Bertz CT molecular complexity index is 1060. The summed E-state index contributed by atoms with van der Waals surface area (Å²) in [6.07, 6.45) is 0.0783. The first-order chi connectivity index (χ1) is 16.9. The molecule has 2 atom stereocenters. The second-order valence-corrected chi connectivity index (χ2v) is 13.9. The summed E-state index contributed by atoms with van der Waals surface area (Å²) in [6, 6.07) is 16.0. The van der Waals surface area contributed by atoms with E-state index >= 15 is 0 Å². The summed E-state index contributed by atoms with van der Waals surface area (Å²) in [5.74, 6) is 1.02. The molecular weight excluding hydrogens is 460 g/mol. The zero-order chi connectivity index (χ0) is 27.9. The Labute approximate surface area is 224 Å². The van der Waals surface area contributed by atoms with Gasteiger partial charge in [0.1, 0.15) is 28.7 Å². The van der Waals surface area contributed by atoms with Gasteiger partial charge in [0.25, 0.3) is 0 Å². The van der Waals surface area contributed by atoms with Crippen LogP contribution in [0.5, 0.6) is 11.5 Å². The molecule has 1 aliphatic rings. The normalized spacial score (nSPS) is 22.4. The van der Waals surface area contributed by atoms with Gasteiger partial charge in [-0.15, -0.1) is 0 Å². The van der Waals surface area contributed by atoms with E-state index in [4.69, 9.17) is 9.47 Å². The van der Waals surface area contributed by atoms with Crippen LogP contribution in [0, 0.1) is 22.7 Å². The highest BCUT2D eigenvalue weighted by Gasteiger charge is 2.60. The van der Waals surface area contributed by atoms with Gasteiger partial charge in [0, 0.05) is 34.5 Å². The van der Waals surface area contributed by atoms with Crippen LogP contribution in [0.1, 0.15) is 99.1 Å². The van der Waals surface area contributed by atoms with Crippen molar-refractivity contribution in [1.29, 1.82) is 0 Å². The lowest BCUT2D eigenvalue weighted by molar-refractivity contribution is -0.147. The van der Waals surface area contributed by atoms with Gasteiger partial charge in [-0.05, 0) is 70.0 Å². The number of carbonyl (C=O) groups excluding carboxylic acids is 2. The topological polar surface area (TPSA) is 52.6 Å². The molecular formula is C33H46O4. The average molecular weight is 507 g/mol. The van der Waals surface area contributed by atoms with E-state index < -0.39 is 10.8 Å². The van der Waals surface area contributed by atoms with Crippen molar-refractivity contribution in [2.75, 3.05) is 0 Å². The minimum absolute atomic E-state index is 0.0783. The zero-order valence-electron chi connectivity index (χ0n) is 24.6. The molecule has 4 nitrogen and oxygen atoms in total. The monoisotopic (exact) mass is 506 g/mol. The van der Waals surface area contributed by atoms with Crippen LogP contribution in [0.2, 0.25) is 0 Å². The minimum atomic E-state index is -0.521. The van der Waals surface area contributed by atoms with Crippen molar-refractivity contribution in [3.8, 4) is 11.5 Å². The van der Waals surface area contributed by atoms with Crippen molar-refractivity contribution in [2.45, 2.75) is 99.7 Å². The van der Waals surface area contributed by atoms with Crippen LogP contribution < -0.4 is 9.47 Å². The quantitative estimate of drug-likeness (QED) is 0.382. The lowest BCUT2D eigenvalue weighted by Crippen LogP contribution is -2.55. The number of rotatable bonds is 7. The number of ether oxygens (including phenoxy) is 2. The highest BCUT2D eigenvalue weighted by molar-refractivity contribution is 5.96. The van der Waals surface area contributed by atoms with Gasteiger partial charge >= 0.3 is 0 Å². The summed E-state index contributed by atoms with van der Waals surface area (Å²) in [5, 5.41) is 0. The van der Waals surface area contributed by atoms with Crippen molar-refractivity contribution in [2.24, 2.45) is 22.7 Å². The molecule has 0 aromatic heterocycles. The number of hydrogen-bond donors (Lipinski definition) is 0. The molecule has 202 valence electrons. The van der Waals surface area contributed by atoms with E-state index in [2.05, 4.69) is 0 Å². The highest BCUT2D eigenvalue weighted by Crippen LogP contribution is 2.61. The van der Waals surface area contributed by atoms with Crippen LogP contribution in [0.3, 0.4) is 0 Å². The maximum absolute atomic E-state index is 13.9. The average Bonchev–Trinajstić information content (AvgIpc) is 2.72. The van der Waals surface area contributed by atoms with Crippen molar-refractivity contribution < 1.29 is 19.1 Å². The molecule has 0 N–H and O–H groups in total. The second-order valence-electron chi connectivity index (χ2n) is 13.9. The van der Waals surface area contributed by atoms with Gasteiger partial charge < -0.3 is 9.47 Å². The van der Waals surface area contributed by atoms with E-state index in [0.29, 0.717) is 0 Å². The number of ketones is 2. The van der Waals surface area contributed by atoms with Gasteiger partial charge in [0.2, 0.25) is 0 Å². The molecule has 3 rings (SSSR count). The first-order valence-electron chi connectivity index (χ1n) is 13.5. The fourth-order valence-corrected chi connectivity index (χ4v) is 5.38. The van der Waals surface area contributed by atoms with Gasteiger partial charge in [-0.1, -0.05) is 65.8 Å². The fourth-order valence-electron chi connectivity index (χ4n) is 5.38. The maximum Gasteiger partial charge on any atom is 0.142 e. The van der Waals surface area contributed by atoms with Crippen LogP contribution in [-0.2, 0) is 9.59 Å². The first-order valence-corrected chi connectivity index (χ1v) is 13.5. The zero-order valence-corrected chi connectivity index (χ0v) is 24.6. The molecule has 0 radical (unpaired) electrons. The molecule has 1 aliphatic carbocycles. The number of Topliss-reactive ketones (excluding diaryl/α,β-unsaturated/α-hetero) is 2. The largest absolute Gasteiger partial charge is 0.491 e. The van der Waals surface area contributed by atoms with Crippen molar-refractivity contribution in [3.63, 3.8) is 0 Å². The van der Waals surface area contributed by atoms with Crippen LogP contribution in [0.15, 0.2) is 48.5 Å². The molecule has 4 heteroatoms. The predicted molar refractivity (Wildman–Crippen MR) is 150 cm³/mol. The van der Waals surface area contributed by atoms with E-state index in [1.807, 2.05) is 125 Å². The smallest absolute Gasteiger partial charge is 0.142 e. The summed E-state index contributed by atoms with van der Waals surface area (Å²) < 4.78 is 11.9. The summed E-state index contributed by atoms with van der Waals surface area (Å²) in [4.78, 5) is 27.9. The fraction of sp³-hybridized carbons (Fsp3) is 0.576. The van der Waals surface area contributed by atoms with E-state index in [1.165, 1.54) is 0 Å². The van der Waals surface area contributed by atoms with Crippen LogP contribution in [-0.4, -0.2) is 23.3 Å². The number of benzene rings is 2. The Morgan fingerprint density at radius 2 is 0.973 bits per heavy atom. The van der Waals surface area contributed by atoms with E-state index in [9.17, 15) is 9.59 Å². The van der Waals surface area contributed by atoms with Gasteiger partial charge in [0.05, 0.1) is 6.10 Å². The molecule has 0 saturated heterocycles. The van der Waals surface area contributed by atoms with Crippen molar-refractivity contribution in [3.05, 3.63) is 59.7 Å². The predicted octanol–water partition coefficient (Wildman–Crippen LogP) is 7.99. The molecule has 0 bridgehead atoms. The minimum Gasteiger partial charge on any atom is -0.491 e. The Morgan fingerprint density at radius 1 is 0.622 bits per heavy atom. The molecule has 0 amide bonds. The molecule has 0 spiro atoms. The van der Waals surface area contributed by atoms with Gasteiger partial charge in [-0.25, -0.2) is 0 Å². The van der Waals surface area contributed by atoms with Gasteiger partial charge in [0.15, 0.2) is 0 Å². The molecule has 1 fully saturated rings. The summed E-state index contributed by atoms with van der Waals surface area (Å²) in [7, 11) is 0. The molecule has 2 unspecified atom stereocenters. The number of carbonyl (C=O) groups is 2. The number of hydrogen-bond acceptors (Lipinski definition) is 4.